The van der Waals surface area contributed by atoms with E-state index in [0.29, 0.717) is 17.5 Å². The summed E-state index contributed by atoms with van der Waals surface area (Å²) in [6.07, 6.45) is -3.84. The van der Waals surface area contributed by atoms with Gasteiger partial charge in [-0.15, -0.1) is 0 Å². The van der Waals surface area contributed by atoms with Crippen LogP contribution in [0.3, 0.4) is 0 Å². The van der Waals surface area contributed by atoms with Crippen molar-refractivity contribution in [2.24, 2.45) is 34.0 Å². The van der Waals surface area contributed by atoms with Gasteiger partial charge in [-0.25, -0.2) is 4.79 Å². The summed E-state index contributed by atoms with van der Waals surface area (Å²) >= 11 is 0. The molecule has 9 amide bonds. The van der Waals surface area contributed by atoms with Crippen molar-refractivity contribution in [1.29, 1.82) is 0 Å². The summed E-state index contributed by atoms with van der Waals surface area (Å²) in [4.78, 5) is 180. The fraction of sp³-hybridized carbons (Fsp3) is 0.559. The number of likely N-dealkylation sites (tertiary alicyclic amines) is 1. The summed E-state index contributed by atoms with van der Waals surface area (Å²) in [7, 11) is 0. The van der Waals surface area contributed by atoms with Gasteiger partial charge in [-0.3, -0.25) is 62.5 Å². The van der Waals surface area contributed by atoms with Crippen molar-refractivity contribution in [1.82, 2.24) is 47.4 Å². The Morgan fingerprint density at radius 2 is 0.865 bits per heavy atom. The number of benzene rings is 2. The zero-order valence-corrected chi connectivity index (χ0v) is 50.7. The van der Waals surface area contributed by atoms with Gasteiger partial charge in [-0.05, 0) is 87.7 Å². The van der Waals surface area contributed by atoms with Crippen LogP contribution in [-0.4, -0.2) is 182 Å². The highest BCUT2D eigenvalue weighted by molar-refractivity contribution is 5.99. The smallest absolute Gasteiger partial charge is 0.326 e. The first-order valence-corrected chi connectivity index (χ1v) is 29.5. The molecule has 0 spiro atoms. The number of amides is 9. The first-order valence-electron chi connectivity index (χ1n) is 29.5. The van der Waals surface area contributed by atoms with Crippen LogP contribution in [0.1, 0.15) is 123 Å². The summed E-state index contributed by atoms with van der Waals surface area (Å²) in [5, 5.41) is 58.8. The normalized spacial score (nSPS) is 15.8. The zero-order valence-electron chi connectivity index (χ0n) is 50.7. The van der Waals surface area contributed by atoms with Crippen molar-refractivity contribution in [3.05, 3.63) is 71.8 Å². The van der Waals surface area contributed by atoms with Crippen LogP contribution < -0.4 is 59.7 Å². The minimum Gasteiger partial charge on any atom is -0.481 e. The molecule has 490 valence electrons. The lowest BCUT2D eigenvalue weighted by Crippen LogP contribution is -2.61. The predicted octanol–water partition coefficient (Wildman–Crippen LogP) is -1.49. The van der Waals surface area contributed by atoms with Crippen LogP contribution >= 0.6 is 0 Å². The lowest BCUT2D eigenvalue weighted by molar-refractivity contribution is -0.143. The number of carboxylic acid groups (broad SMARTS) is 4. The molecule has 0 radical (unpaired) electrons. The lowest BCUT2D eigenvalue weighted by atomic mass is 10.0. The molecule has 30 nitrogen and oxygen atoms in total. The molecule has 1 fully saturated rings. The maximum atomic E-state index is 14.6. The topological polar surface area (TPSA) is 493 Å². The van der Waals surface area contributed by atoms with Crippen molar-refractivity contribution in [2.45, 2.75) is 185 Å². The first-order chi connectivity index (χ1) is 41.9. The van der Waals surface area contributed by atoms with Crippen LogP contribution in [-0.2, 0) is 75.2 Å². The molecule has 0 unspecified atom stereocenters. The van der Waals surface area contributed by atoms with Gasteiger partial charge in [0.1, 0.15) is 54.4 Å². The maximum absolute atomic E-state index is 14.6. The molecule has 0 aliphatic carbocycles. The highest BCUT2D eigenvalue weighted by Crippen LogP contribution is 2.21. The van der Waals surface area contributed by atoms with Crippen LogP contribution in [0.5, 0.6) is 0 Å². The van der Waals surface area contributed by atoms with E-state index in [-0.39, 0.29) is 75.8 Å². The molecule has 1 heterocycles. The molecule has 2 aromatic carbocycles. The summed E-state index contributed by atoms with van der Waals surface area (Å²) < 4.78 is 0. The summed E-state index contributed by atoms with van der Waals surface area (Å²) in [5.41, 5.74) is 17.9. The van der Waals surface area contributed by atoms with Crippen molar-refractivity contribution in [2.75, 3.05) is 13.1 Å². The van der Waals surface area contributed by atoms with E-state index in [0.717, 1.165) is 0 Å². The van der Waals surface area contributed by atoms with Crippen molar-refractivity contribution in [3.63, 3.8) is 0 Å². The third kappa shape index (κ3) is 27.2. The van der Waals surface area contributed by atoms with Crippen LogP contribution in [0.25, 0.3) is 0 Å². The van der Waals surface area contributed by atoms with Gasteiger partial charge >= 0.3 is 23.9 Å². The molecule has 3 rings (SSSR count). The molecule has 1 saturated heterocycles. The number of nitrogens with two attached hydrogens (primary N) is 3. The second kappa shape index (κ2) is 37.5. The van der Waals surface area contributed by atoms with Crippen molar-refractivity contribution < 1.29 is 82.8 Å². The number of carbonyl (C=O) groups excluding carboxylic acids is 9. The molecule has 1 aliphatic rings. The largest absolute Gasteiger partial charge is 0.481 e. The molecule has 18 N–H and O–H groups in total. The van der Waals surface area contributed by atoms with Crippen molar-refractivity contribution in [3.8, 4) is 0 Å². The predicted molar refractivity (Wildman–Crippen MR) is 321 cm³/mol. The molecular formula is C59H87N13O17. The van der Waals surface area contributed by atoms with E-state index in [9.17, 15) is 82.8 Å². The van der Waals surface area contributed by atoms with Gasteiger partial charge in [0.05, 0.1) is 6.04 Å². The van der Waals surface area contributed by atoms with Crippen LogP contribution in [0.15, 0.2) is 65.7 Å². The Labute approximate surface area is 515 Å². The minimum absolute atomic E-state index is 0.0174. The Morgan fingerprint density at radius 3 is 1.27 bits per heavy atom. The molecule has 0 bridgehead atoms. The summed E-state index contributed by atoms with van der Waals surface area (Å²) in [6, 6.07) is 2.47. The molecule has 1 aliphatic heterocycles. The fourth-order valence-corrected chi connectivity index (χ4v) is 9.60. The standard InChI is InChI=1S/C59H87N13O17/c1-32(2)28-41(69-56(86)45-19-13-27-72(45)57(87)43(70-49(79)34(5)60)31-36-16-10-7-11-17-36)54(84)66-39(21-24-47(75)76)52(82)68-42(30-35-14-8-6-9-15-35)55(85)67-38(20-23-46(73)74)51(81)64-37(18-12-26-63-59(61)62)50(80)65-40(22-25-48(77)78)53(83)71-44(58(88)89)29-33(3)4/h6-11,14-17,32-34,37-45H,12-13,18-31,60H2,1-5H3,(H,64,81)(H,65,80)(H,66,84)(H,67,85)(H,68,82)(H,69,86)(H,70,79)(H,71,83)(H,73,74)(H,75,76)(H,77,78)(H,88,89)(H4,61,62,63)/t34-,37-,38-,39-,40-,41-,42-,43-,44-,45-/m0/s1. The minimum atomic E-state index is -1.79. The number of aliphatic imine (C=N–C) groups is 1. The quantitative estimate of drug-likeness (QED) is 0.0206. The van der Waals surface area contributed by atoms with Crippen LogP contribution in [0.2, 0.25) is 0 Å². The highest BCUT2D eigenvalue weighted by Gasteiger charge is 2.41. The summed E-state index contributed by atoms with van der Waals surface area (Å²) in [6.45, 7) is 8.38. The first kappa shape index (κ1) is 74.0. The number of carboxylic acids is 4. The van der Waals surface area contributed by atoms with Gasteiger partial charge < -0.3 is 85.1 Å². The molecule has 0 aromatic heterocycles. The second-order valence-electron chi connectivity index (χ2n) is 22.7. The third-order valence-electron chi connectivity index (χ3n) is 14.1. The van der Waals surface area contributed by atoms with E-state index >= 15 is 0 Å². The molecule has 89 heavy (non-hydrogen) atoms. The Morgan fingerprint density at radius 1 is 0.494 bits per heavy atom. The Kier molecular flexibility index (Phi) is 31.2. The van der Waals surface area contributed by atoms with E-state index in [1.54, 1.807) is 88.4 Å². The zero-order chi connectivity index (χ0) is 66.5. The number of nitrogens with one attached hydrogen (secondary N) is 8. The Bertz CT molecular complexity index is 2800. The number of carbonyl (C=O) groups is 13. The highest BCUT2D eigenvalue weighted by atomic mass is 16.4. The SMILES string of the molecule is CC(C)C[C@H](NC(=O)[C@H](CCC(=O)O)NC(=O)[C@H](CCCN=C(N)N)NC(=O)[C@H](CCC(=O)O)NC(=O)[C@H](Cc1ccccc1)NC(=O)[C@H](CCC(=O)O)NC(=O)[C@H](CC(C)C)NC(=O)[C@@H]1CCCN1C(=O)[C@H](Cc1ccccc1)NC(=O)[C@H](C)N)C(=O)O. The molecule has 10 atom stereocenters. The number of guanidine groups is 1. The number of nitrogens with zero attached hydrogens (tertiary/aromatic N) is 2. The number of hydrogen-bond donors (Lipinski definition) is 15. The molecule has 2 aromatic rings. The second-order valence-corrected chi connectivity index (χ2v) is 22.7. The average Bonchev–Trinajstić information content (AvgIpc) is 2.19. The van der Waals surface area contributed by atoms with Gasteiger partial charge in [-0.1, -0.05) is 88.4 Å². The number of hydrogen-bond acceptors (Lipinski definition) is 15. The fourth-order valence-electron chi connectivity index (χ4n) is 9.60. The van der Waals surface area contributed by atoms with E-state index in [2.05, 4.69) is 47.5 Å². The van der Waals surface area contributed by atoms with Gasteiger partial charge in [0.2, 0.25) is 53.2 Å². The van der Waals surface area contributed by atoms with Gasteiger partial charge in [0, 0.05) is 45.2 Å². The average molecular weight is 1250 g/mol. The lowest BCUT2D eigenvalue weighted by Gasteiger charge is -2.31. The molecule has 30 heteroatoms. The van der Waals surface area contributed by atoms with E-state index in [1.807, 2.05) is 0 Å². The third-order valence-corrected chi connectivity index (χ3v) is 14.1. The van der Waals surface area contributed by atoms with E-state index in [4.69, 9.17) is 17.2 Å². The maximum Gasteiger partial charge on any atom is 0.326 e. The van der Waals surface area contributed by atoms with Gasteiger partial charge in [0.25, 0.3) is 0 Å². The molecule has 0 saturated carbocycles. The van der Waals surface area contributed by atoms with Crippen molar-refractivity contribution >= 4 is 83.0 Å². The summed E-state index contributed by atoms with van der Waals surface area (Å²) in [5.74, 6) is -14.7. The Balaban J connectivity index is 1.98. The Hall–Kier alpha value is -9.22. The van der Waals surface area contributed by atoms with E-state index in [1.165, 1.54) is 11.8 Å². The van der Waals surface area contributed by atoms with Gasteiger partial charge in [-0.2, -0.15) is 0 Å². The van der Waals surface area contributed by atoms with Crippen LogP contribution in [0, 0.1) is 11.8 Å². The van der Waals surface area contributed by atoms with Crippen LogP contribution in [0.4, 0.5) is 0 Å². The number of aliphatic carboxylic acids is 4. The molecular weight excluding hydrogens is 1160 g/mol. The van der Waals surface area contributed by atoms with E-state index < -0.39 is 176 Å². The monoisotopic (exact) mass is 1250 g/mol. The van der Waals surface area contributed by atoms with Gasteiger partial charge in [0.15, 0.2) is 5.96 Å². The number of rotatable bonds is 39.